The molecule has 7 nitrogen and oxygen atoms in total. The molecule has 0 aliphatic carbocycles. The maximum absolute atomic E-state index is 12.5. The van der Waals surface area contributed by atoms with Gasteiger partial charge in [-0.1, -0.05) is 24.3 Å². The first-order valence-electron chi connectivity index (χ1n) is 8.21. The minimum absolute atomic E-state index is 0.0256. The second-order valence-corrected chi connectivity index (χ2v) is 8.25. The lowest BCUT2D eigenvalue weighted by Crippen LogP contribution is -2.37. The van der Waals surface area contributed by atoms with Gasteiger partial charge in [-0.3, -0.25) is 4.79 Å². The van der Waals surface area contributed by atoms with Crippen LogP contribution < -0.4 is 4.90 Å². The summed E-state index contributed by atoms with van der Waals surface area (Å²) in [4.78, 5) is 26.2. The Morgan fingerprint density at radius 1 is 0.963 bits per heavy atom. The Labute approximate surface area is 159 Å². The number of likely N-dealkylation sites (N-methyl/N-ethyl adjacent to an activating group) is 1. The van der Waals surface area contributed by atoms with Gasteiger partial charge >= 0.3 is 5.97 Å². The van der Waals surface area contributed by atoms with Gasteiger partial charge in [0.2, 0.25) is 10.0 Å². The number of anilines is 1. The molecule has 8 heteroatoms. The molecule has 1 unspecified atom stereocenters. The molecular formula is C19H22N2O5S. The molecule has 0 fully saturated rings. The van der Waals surface area contributed by atoms with Crippen LogP contribution in [0.15, 0.2) is 59.5 Å². The summed E-state index contributed by atoms with van der Waals surface area (Å²) in [5.74, 6) is -1.17. The minimum Gasteiger partial charge on any atom is -0.449 e. The van der Waals surface area contributed by atoms with Gasteiger partial charge in [-0.25, -0.2) is 17.5 Å². The summed E-state index contributed by atoms with van der Waals surface area (Å²) < 4.78 is 30.7. The predicted molar refractivity (Wildman–Crippen MR) is 102 cm³/mol. The van der Waals surface area contributed by atoms with E-state index in [0.29, 0.717) is 5.69 Å². The fraction of sp³-hybridized carbons (Fsp3) is 0.263. The van der Waals surface area contributed by atoms with E-state index >= 15 is 0 Å². The zero-order chi connectivity index (χ0) is 20.2. The zero-order valence-electron chi connectivity index (χ0n) is 15.6. The molecule has 27 heavy (non-hydrogen) atoms. The van der Waals surface area contributed by atoms with Crippen molar-refractivity contribution in [3.05, 3.63) is 60.2 Å². The monoisotopic (exact) mass is 390 g/mol. The molecule has 0 aromatic heterocycles. The molecule has 0 bridgehead atoms. The van der Waals surface area contributed by atoms with E-state index in [-0.39, 0.29) is 10.5 Å². The normalized spacial score (nSPS) is 12.5. The van der Waals surface area contributed by atoms with Crippen molar-refractivity contribution in [2.45, 2.75) is 17.9 Å². The molecule has 0 radical (unpaired) electrons. The third kappa shape index (κ3) is 4.72. The summed E-state index contributed by atoms with van der Waals surface area (Å²) in [5.41, 5.74) is 0.726. The number of hydrogen-bond donors (Lipinski definition) is 0. The van der Waals surface area contributed by atoms with Gasteiger partial charge in [0.1, 0.15) is 0 Å². The minimum atomic E-state index is -3.68. The largest absolute Gasteiger partial charge is 0.449 e. The summed E-state index contributed by atoms with van der Waals surface area (Å²) in [7, 11) is 0.719. The fourth-order valence-electron chi connectivity index (χ4n) is 2.32. The predicted octanol–water partition coefficient (Wildman–Crippen LogP) is 2.15. The maximum atomic E-state index is 12.5. The van der Waals surface area contributed by atoms with Crippen LogP contribution in [0.4, 0.5) is 5.69 Å². The number of ether oxygens (including phenoxy) is 1. The summed E-state index contributed by atoms with van der Waals surface area (Å²) in [5, 5.41) is 0. The van der Waals surface area contributed by atoms with Crippen LogP contribution in [0.5, 0.6) is 0 Å². The van der Waals surface area contributed by atoms with Gasteiger partial charge in [-0.2, -0.15) is 0 Å². The maximum Gasteiger partial charge on any atom is 0.338 e. The molecule has 1 amide bonds. The van der Waals surface area contributed by atoms with Crippen molar-refractivity contribution in [2.75, 3.05) is 26.0 Å². The number of benzene rings is 2. The lowest BCUT2D eigenvalue weighted by Gasteiger charge is -2.21. The summed E-state index contributed by atoms with van der Waals surface area (Å²) >= 11 is 0. The fourth-order valence-corrected chi connectivity index (χ4v) is 3.27. The van der Waals surface area contributed by atoms with Gasteiger partial charge in [0, 0.05) is 26.8 Å². The first kappa shape index (κ1) is 20.6. The van der Waals surface area contributed by atoms with Crippen molar-refractivity contribution in [2.24, 2.45) is 0 Å². The molecule has 2 aromatic carbocycles. The first-order chi connectivity index (χ1) is 12.6. The van der Waals surface area contributed by atoms with Crippen molar-refractivity contribution in [3.63, 3.8) is 0 Å². The lowest BCUT2D eigenvalue weighted by molar-refractivity contribution is -0.126. The van der Waals surface area contributed by atoms with E-state index in [1.807, 2.05) is 6.07 Å². The molecule has 0 heterocycles. The number of rotatable bonds is 6. The molecule has 0 saturated carbocycles. The van der Waals surface area contributed by atoms with Crippen LogP contribution in [0.3, 0.4) is 0 Å². The van der Waals surface area contributed by atoms with Crippen molar-refractivity contribution in [3.8, 4) is 0 Å². The number of esters is 1. The SMILES string of the molecule is CC(OC(=O)c1cccc(S(=O)(=O)N(C)C)c1)C(=O)N(C)c1ccccc1. The van der Waals surface area contributed by atoms with Gasteiger partial charge in [0.25, 0.3) is 5.91 Å². The second-order valence-electron chi connectivity index (χ2n) is 6.10. The third-order valence-corrected chi connectivity index (χ3v) is 5.77. The van der Waals surface area contributed by atoms with Crippen molar-refractivity contribution in [1.29, 1.82) is 0 Å². The average molecular weight is 390 g/mol. The topological polar surface area (TPSA) is 84.0 Å². The van der Waals surface area contributed by atoms with Crippen LogP contribution in [0.25, 0.3) is 0 Å². The molecule has 0 saturated heterocycles. The average Bonchev–Trinajstić information content (AvgIpc) is 2.67. The number of hydrogen-bond acceptors (Lipinski definition) is 5. The van der Waals surface area contributed by atoms with Crippen molar-refractivity contribution in [1.82, 2.24) is 4.31 Å². The number of carbonyl (C=O) groups excluding carboxylic acids is 2. The molecular weight excluding hydrogens is 368 g/mol. The quantitative estimate of drug-likeness (QED) is 0.706. The van der Waals surface area contributed by atoms with Crippen molar-refractivity contribution < 1.29 is 22.7 Å². The van der Waals surface area contributed by atoms with E-state index in [0.717, 1.165) is 4.31 Å². The summed E-state index contributed by atoms with van der Waals surface area (Å²) in [6.45, 7) is 1.47. The molecule has 0 N–H and O–H groups in total. The van der Waals surface area contributed by atoms with Gasteiger partial charge in [-0.05, 0) is 37.3 Å². The highest BCUT2D eigenvalue weighted by atomic mass is 32.2. The highest BCUT2D eigenvalue weighted by molar-refractivity contribution is 7.89. The van der Waals surface area contributed by atoms with E-state index in [4.69, 9.17) is 4.74 Å². The van der Waals surface area contributed by atoms with Crippen LogP contribution >= 0.6 is 0 Å². The molecule has 144 valence electrons. The van der Waals surface area contributed by atoms with Crippen molar-refractivity contribution >= 4 is 27.6 Å². The Kier molecular flexibility index (Phi) is 6.35. The van der Waals surface area contributed by atoms with Crippen LogP contribution in [0.1, 0.15) is 17.3 Å². The summed E-state index contributed by atoms with van der Waals surface area (Å²) in [6, 6.07) is 14.5. The van der Waals surface area contributed by atoms with E-state index < -0.39 is 28.0 Å². The standard InChI is InChI=1S/C19H22N2O5S/c1-14(18(22)21(4)16-10-6-5-7-11-16)26-19(23)15-9-8-12-17(13-15)27(24,25)20(2)3/h5-14H,1-4H3. The number of amides is 1. The van der Waals surface area contributed by atoms with E-state index in [9.17, 15) is 18.0 Å². The van der Waals surface area contributed by atoms with Gasteiger partial charge < -0.3 is 9.64 Å². The van der Waals surface area contributed by atoms with Crippen LogP contribution in [-0.2, 0) is 19.6 Å². The highest BCUT2D eigenvalue weighted by Crippen LogP contribution is 2.17. The highest BCUT2D eigenvalue weighted by Gasteiger charge is 2.24. The second kappa shape index (κ2) is 8.32. The molecule has 2 aromatic rings. The Hall–Kier alpha value is -2.71. The van der Waals surface area contributed by atoms with E-state index in [1.54, 1.807) is 31.3 Å². The van der Waals surface area contributed by atoms with Gasteiger partial charge in [0.15, 0.2) is 6.10 Å². The van der Waals surface area contributed by atoms with Crippen LogP contribution in [-0.4, -0.2) is 51.8 Å². The molecule has 2 rings (SSSR count). The number of nitrogens with zero attached hydrogens (tertiary/aromatic N) is 2. The summed E-state index contributed by atoms with van der Waals surface area (Å²) in [6.07, 6.45) is -1.03. The van der Waals surface area contributed by atoms with Crippen LogP contribution in [0, 0.1) is 0 Å². The number of para-hydroxylation sites is 1. The first-order valence-corrected chi connectivity index (χ1v) is 9.65. The Morgan fingerprint density at radius 3 is 2.19 bits per heavy atom. The molecule has 0 spiro atoms. The van der Waals surface area contributed by atoms with Crippen LogP contribution in [0.2, 0.25) is 0 Å². The molecule has 0 aliphatic heterocycles. The Morgan fingerprint density at radius 2 is 1.59 bits per heavy atom. The molecule has 1 atom stereocenters. The van der Waals surface area contributed by atoms with E-state index in [1.165, 1.54) is 50.2 Å². The number of sulfonamides is 1. The third-order valence-electron chi connectivity index (χ3n) is 3.95. The van der Waals surface area contributed by atoms with Gasteiger partial charge in [-0.15, -0.1) is 0 Å². The lowest BCUT2D eigenvalue weighted by atomic mass is 10.2. The van der Waals surface area contributed by atoms with E-state index in [2.05, 4.69) is 0 Å². The van der Waals surface area contributed by atoms with Gasteiger partial charge in [0.05, 0.1) is 10.5 Å². The smallest absolute Gasteiger partial charge is 0.338 e. The number of carbonyl (C=O) groups is 2. The Bertz CT molecular complexity index is 926. The Balaban J connectivity index is 2.14. The zero-order valence-corrected chi connectivity index (χ0v) is 16.4. The molecule has 0 aliphatic rings.